The Morgan fingerprint density at radius 1 is 1.19 bits per heavy atom. The first-order valence-corrected chi connectivity index (χ1v) is 7.41. The fourth-order valence-electron chi connectivity index (χ4n) is 2.55. The number of hydrogen-bond acceptors (Lipinski definition) is 2. The summed E-state index contributed by atoms with van der Waals surface area (Å²) < 4.78 is 7.42. The van der Waals surface area contributed by atoms with Crippen molar-refractivity contribution in [1.29, 1.82) is 0 Å². The van der Waals surface area contributed by atoms with Gasteiger partial charge in [-0.2, -0.15) is 0 Å². The summed E-state index contributed by atoms with van der Waals surface area (Å²) in [6.07, 6.45) is 0. The average molecular weight is 301 g/mol. The number of fused-ring (bicyclic) bond motifs is 1. The molecule has 3 aromatic rings. The van der Waals surface area contributed by atoms with Crippen molar-refractivity contribution in [3.8, 4) is 5.75 Å². The average Bonchev–Trinajstić information content (AvgIpc) is 2.92. The highest BCUT2D eigenvalue weighted by molar-refractivity contribution is 6.22. The van der Waals surface area contributed by atoms with Crippen LogP contribution in [0.4, 0.5) is 0 Å². The van der Waals surface area contributed by atoms with Gasteiger partial charge in [-0.15, -0.1) is 11.6 Å². The summed E-state index contributed by atoms with van der Waals surface area (Å²) in [4.78, 5) is 4.72. The highest BCUT2D eigenvalue weighted by Gasteiger charge is 2.19. The maximum absolute atomic E-state index is 6.65. The van der Waals surface area contributed by atoms with Crippen molar-refractivity contribution in [1.82, 2.24) is 9.55 Å². The number of aromatic nitrogens is 2. The third-order valence-corrected chi connectivity index (χ3v) is 4.07. The summed E-state index contributed by atoms with van der Waals surface area (Å²) in [5.41, 5.74) is 3.04. The summed E-state index contributed by atoms with van der Waals surface area (Å²) in [6.45, 7) is 2.93. The second kappa shape index (κ2) is 5.78. The number of aryl methyl sites for hydroxylation is 1. The van der Waals surface area contributed by atoms with Gasteiger partial charge in [0.2, 0.25) is 0 Å². The lowest BCUT2D eigenvalue weighted by atomic mass is 10.1. The summed E-state index contributed by atoms with van der Waals surface area (Å²) in [5.74, 6) is 1.68. The van der Waals surface area contributed by atoms with E-state index in [1.807, 2.05) is 48.5 Å². The van der Waals surface area contributed by atoms with Crippen LogP contribution in [0.3, 0.4) is 0 Å². The quantitative estimate of drug-likeness (QED) is 0.668. The molecule has 2 aromatic carbocycles. The minimum atomic E-state index is -0.260. The first kappa shape index (κ1) is 14.0. The van der Waals surface area contributed by atoms with Crippen molar-refractivity contribution in [2.75, 3.05) is 7.11 Å². The van der Waals surface area contributed by atoms with Gasteiger partial charge in [-0.25, -0.2) is 4.98 Å². The third-order valence-electron chi connectivity index (χ3n) is 3.62. The second-order valence-electron chi connectivity index (χ2n) is 4.84. The standard InChI is InChI=1S/C17H17ClN2O/c1-3-20-15-10-9-13(21-2)11-14(15)19-17(20)16(18)12-7-5-4-6-8-12/h4-11,16H,3H2,1-2H3. The zero-order valence-corrected chi connectivity index (χ0v) is 12.8. The normalized spacial score (nSPS) is 12.5. The Balaban J connectivity index is 2.13. The summed E-state index contributed by atoms with van der Waals surface area (Å²) in [5, 5.41) is -0.260. The van der Waals surface area contributed by atoms with Gasteiger partial charge in [-0.3, -0.25) is 0 Å². The molecule has 0 aliphatic carbocycles. The molecule has 3 rings (SSSR count). The second-order valence-corrected chi connectivity index (χ2v) is 5.28. The molecular weight excluding hydrogens is 284 g/mol. The Bertz CT molecular complexity index is 752. The van der Waals surface area contributed by atoms with Crippen LogP contribution in [0.2, 0.25) is 0 Å². The van der Waals surface area contributed by atoms with Crippen LogP contribution in [0.1, 0.15) is 23.7 Å². The molecule has 0 saturated carbocycles. The Labute approximate surface area is 129 Å². The molecule has 4 heteroatoms. The molecular formula is C17H17ClN2O. The Morgan fingerprint density at radius 2 is 1.95 bits per heavy atom. The van der Waals surface area contributed by atoms with Crippen molar-refractivity contribution >= 4 is 22.6 Å². The van der Waals surface area contributed by atoms with Crippen molar-refractivity contribution in [2.24, 2.45) is 0 Å². The molecule has 0 saturated heterocycles. The summed E-state index contributed by atoms with van der Waals surface area (Å²) >= 11 is 6.65. The monoisotopic (exact) mass is 300 g/mol. The van der Waals surface area contributed by atoms with E-state index in [4.69, 9.17) is 21.3 Å². The highest BCUT2D eigenvalue weighted by atomic mass is 35.5. The molecule has 1 aromatic heterocycles. The van der Waals surface area contributed by atoms with Gasteiger partial charge in [0.25, 0.3) is 0 Å². The Kier molecular flexibility index (Phi) is 3.84. The van der Waals surface area contributed by atoms with Gasteiger partial charge in [-0.1, -0.05) is 30.3 Å². The number of ether oxygens (including phenoxy) is 1. The zero-order chi connectivity index (χ0) is 14.8. The van der Waals surface area contributed by atoms with Crippen LogP contribution >= 0.6 is 11.6 Å². The minimum absolute atomic E-state index is 0.260. The first-order valence-electron chi connectivity index (χ1n) is 6.97. The van der Waals surface area contributed by atoms with Gasteiger partial charge >= 0.3 is 0 Å². The van der Waals surface area contributed by atoms with Crippen molar-refractivity contribution < 1.29 is 4.74 Å². The number of benzene rings is 2. The lowest BCUT2D eigenvalue weighted by Crippen LogP contribution is -2.05. The first-order chi connectivity index (χ1) is 10.2. The number of halogens is 1. The third kappa shape index (κ3) is 2.49. The van der Waals surface area contributed by atoms with E-state index >= 15 is 0 Å². The van der Waals surface area contributed by atoms with Gasteiger partial charge in [0.1, 0.15) is 17.0 Å². The molecule has 0 N–H and O–H groups in total. The van der Waals surface area contributed by atoms with E-state index in [9.17, 15) is 0 Å². The molecule has 0 spiro atoms. The number of hydrogen-bond donors (Lipinski definition) is 0. The molecule has 21 heavy (non-hydrogen) atoms. The van der Waals surface area contributed by atoms with Gasteiger partial charge in [-0.05, 0) is 24.6 Å². The predicted molar refractivity (Wildman–Crippen MR) is 86.1 cm³/mol. The van der Waals surface area contributed by atoms with Crippen LogP contribution in [-0.2, 0) is 6.54 Å². The van der Waals surface area contributed by atoms with Crippen LogP contribution < -0.4 is 4.74 Å². The van der Waals surface area contributed by atoms with Gasteiger partial charge in [0.15, 0.2) is 0 Å². The fourth-order valence-corrected chi connectivity index (χ4v) is 2.86. The number of rotatable bonds is 4. The molecule has 0 amide bonds. The van der Waals surface area contributed by atoms with Crippen LogP contribution in [-0.4, -0.2) is 16.7 Å². The Morgan fingerprint density at radius 3 is 2.62 bits per heavy atom. The van der Waals surface area contributed by atoms with E-state index < -0.39 is 0 Å². The van der Waals surface area contributed by atoms with Gasteiger partial charge in [0.05, 0.1) is 18.1 Å². The van der Waals surface area contributed by atoms with E-state index in [2.05, 4.69) is 11.5 Å². The minimum Gasteiger partial charge on any atom is -0.497 e. The van der Waals surface area contributed by atoms with E-state index in [0.29, 0.717) is 0 Å². The molecule has 3 nitrogen and oxygen atoms in total. The van der Waals surface area contributed by atoms with Crippen LogP contribution in [0.15, 0.2) is 48.5 Å². The summed E-state index contributed by atoms with van der Waals surface area (Å²) in [7, 11) is 1.66. The maximum Gasteiger partial charge on any atom is 0.132 e. The van der Waals surface area contributed by atoms with E-state index in [0.717, 1.165) is 34.7 Å². The largest absolute Gasteiger partial charge is 0.497 e. The molecule has 108 valence electrons. The topological polar surface area (TPSA) is 27.1 Å². The maximum atomic E-state index is 6.65. The Hall–Kier alpha value is -2.00. The molecule has 0 fully saturated rings. The number of methoxy groups -OCH3 is 1. The van der Waals surface area contributed by atoms with Gasteiger partial charge in [0, 0.05) is 12.6 Å². The molecule has 0 aliphatic rings. The van der Waals surface area contributed by atoms with Crippen molar-refractivity contribution in [3.05, 3.63) is 59.9 Å². The van der Waals surface area contributed by atoms with Crippen LogP contribution in [0.5, 0.6) is 5.75 Å². The number of imidazole rings is 1. The molecule has 0 bridgehead atoms. The fraction of sp³-hybridized carbons (Fsp3) is 0.235. The SMILES string of the molecule is CCn1c(C(Cl)c2ccccc2)nc2cc(OC)ccc21. The van der Waals surface area contributed by atoms with Crippen molar-refractivity contribution in [2.45, 2.75) is 18.8 Å². The smallest absolute Gasteiger partial charge is 0.132 e. The lowest BCUT2D eigenvalue weighted by Gasteiger charge is -2.12. The van der Waals surface area contributed by atoms with E-state index in [1.54, 1.807) is 7.11 Å². The molecule has 1 heterocycles. The van der Waals surface area contributed by atoms with Gasteiger partial charge < -0.3 is 9.30 Å². The molecule has 1 atom stereocenters. The number of nitrogens with zero attached hydrogens (tertiary/aromatic N) is 2. The van der Waals surface area contributed by atoms with Crippen molar-refractivity contribution in [3.63, 3.8) is 0 Å². The molecule has 0 radical (unpaired) electrons. The molecule has 0 aliphatic heterocycles. The zero-order valence-electron chi connectivity index (χ0n) is 12.1. The predicted octanol–water partition coefficient (Wildman–Crippen LogP) is 4.39. The van der Waals surface area contributed by atoms with Crippen LogP contribution in [0.25, 0.3) is 11.0 Å². The van der Waals surface area contributed by atoms with E-state index in [1.165, 1.54) is 0 Å². The highest BCUT2D eigenvalue weighted by Crippen LogP contribution is 2.31. The molecule has 1 unspecified atom stereocenters. The summed E-state index contributed by atoms with van der Waals surface area (Å²) in [6, 6.07) is 15.9. The number of alkyl halides is 1. The lowest BCUT2D eigenvalue weighted by molar-refractivity contribution is 0.415. The van der Waals surface area contributed by atoms with E-state index in [-0.39, 0.29) is 5.38 Å². The van der Waals surface area contributed by atoms with Crippen LogP contribution in [0, 0.1) is 0 Å².